The number of hydrogen-bond donors (Lipinski definition) is 3. The summed E-state index contributed by atoms with van der Waals surface area (Å²) in [7, 11) is 1.50. The Hall–Kier alpha value is -3.68. The van der Waals surface area contributed by atoms with E-state index in [0.717, 1.165) is 11.3 Å². The fourth-order valence-corrected chi connectivity index (χ4v) is 3.49. The number of rotatable bonds is 8. The van der Waals surface area contributed by atoms with Gasteiger partial charge in [-0.2, -0.15) is 0 Å². The van der Waals surface area contributed by atoms with Crippen molar-refractivity contribution in [2.45, 2.75) is 6.54 Å². The topological polar surface area (TPSA) is 86.2 Å². The van der Waals surface area contributed by atoms with Crippen molar-refractivity contribution in [1.29, 1.82) is 0 Å². The molecule has 0 spiro atoms. The van der Waals surface area contributed by atoms with Crippen LogP contribution in [0.1, 0.15) is 5.56 Å². The average molecular weight is 499 g/mol. The summed E-state index contributed by atoms with van der Waals surface area (Å²) in [6, 6.07) is 19.9. The molecule has 0 unspecified atom stereocenters. The van der Waals surface area contributed by atoms with Crippen LogP contribution in [0.5, 0.6) is 17.2 Å². The van der Waals surface area contributed by atoms with Crippen LogP contribution in [0.3, 0.4) is 0 Å². The second-order valence-electron chi connectivity index (χ2n) is 7.14. The average Bonchev–Trinajstić information content (AvgIpc) is 2.84. The van der Waals surface area contributed by atoms with Gasteiger partial charge in [-0.1, -0.05) is 59.6 Å². The van der Waals surface area contributed by atoms with Crippen molar-refractivity contribution in [3.05, 3.63) is 95.0 Å². The molecule has 3 N–H and O–H groups in total. The molecule has 3 aromatic carbocycles. The maximum absolute atomic E-state index is 13.1. The lowest BCUT2D eigenvalue weighted by Crippen LogP contribution is -2.44. The van der Waals surface area contributed by atoms with Crippen molar-refractivity contribution >= 4 is 40.6 Å². The van der Waals surface area contributed by atoms with Gasteiger partial charge in [0.2, 0.25) is 5.84 Å². The van der Waals surface area contributed by atoms with E-state index in [1.54, 1.807) is 11.0 Å². The Kier molecular flexibility index (Phi) is 8.79. The van der Waals surface area contributed by atoms with Gasteiger partial charge in [-0.05, 0) is 42.0 Å². The highest BCUT2D eigenvalue weighted by Gasteiger charge is 2.19. The van der Waals surface area contributed by atoms with Crippen LogP contribution in [-0.4, -0.2) is 35.3 Å². The highest BCUT2D eigenvalue weighted by molar-refractivity contribution is 6.38. The highest BCUT2D eigenvalue weighted by Crippen LogP contribution is 2.34. The standard InChI is InChI=1S/C25H24Cl2N4O3/c1-3-13-31(16-17-9-11-20(12-10-17)34-19-7-5-4-6-8-19)25(33)24(28-2)30-29-18-14-21(26)23(32)22(27)15-18/h3-12,14-15,29,32H,1,13,16H2,2H3,(H,28,30). The normalized spacial score (nSPS) is 11.0. The first-order chi connectivity index (χ1) is 16.4. The number of amides is 1. The first kappa shape index (κ1) is 25.0. The van der Waals surface area contributed by atoms with E-state index in [1.807, 2.05) is 54.6 Å². The Bertz CT molecular complexity index is 1150. The van der Waals surface area contributed by atoms with E-state index in [2.05, 4.69) is 22.4 Å². The summed E-state index contributed by atoms with van der Waals surface area (Å²) in [5.74, 6) is 0.968. The maximum Gasteiger partial charge on any atom is 0.291 e. The molecule has 0 heterocycles. The Morgan fingerprint density at radius 1 is 1.09 bits per heavy atom. The van der Waals surface area contributed by atoms with Crippen LogP contribution in [0.4, 0.5) is 5.69 Å². The molecule has 0 bridgehead atoms. The van der Waals surface area contributed by atoms with Crippen LogP contribution in [0.25, 0.3) is 0 Å². The van der Waals surface area contributed by atoms with Crippen LogP contribution in [-0.2, 0) is 11.3 Å². The van der Waals surface area contributed by atoms with E-state index in [1.165, 1.54) is 19.2 Å². The fraction of sp³-hybridized carbons (Fsp3) is 0.120. The molecule has 0 aliphatic rings. The largest absolute Gasteiger partial charge is 0.505 e. The van der Waals surface area contributed by atoms with E-state index in [4.69, 9.17) is 27.9 Å². The number of aromatic hydroxyl groups is 1. The van der Waals surface area contributed by atoms with Gasteiger partial charge in [0.05, 0.1) is 15.7 Å². The molecule has 3 rings (SSSR count). The van der Waals surface area contributed by atoms with Crippen molar-refractivity contribution < 1.29 is 14.6 Å². The van der Waals surface area contributed by atoms with E-state index in [-0.39, 0.29) is 27.5 Å². The van der Waals surface area contributed by atoms with Crippen molar-refractivity contribution in [3.8, 4) is 17.2 Å². The second kappa shape index (κ2) is 12.0. The van der Waals surface area contributed by atoms with Crippen molar-refractivity contribution in [3.63, 3.8) is 0 Å². The van der Waals surface area contributed by atoms with Crippen LogP contribution in [0, 0.1) is 0 Å². The van der Waals surface area contributed by atoms with Crippen molar-refractivity contribution in [1.82, 2.24) is 10.3 Å². The Morgan fingerprint density at radius 2 is 1.71 bits per heavy atom. The number of hydrazine groups is 1. The monoisotopic (exact) mass is 498 g/mol. The smallest absolute Gasteiger partial charge is 0.291 e. The molecular weight excluding hydrogens is 475 g/mol. The Balaban J connectivity index is 1.65. The zero-order valence-corrected chi connectivity index (χ0v) is 20.0. The number of amidine groups is 1. The molecule has 0 atom stereocenters. The van der Waals surface area contributed by atoms with Crippen molar-refractivity contribution in [2.24, 2.45) is 4.99 Å². The van der Waals surface area contributed by atoms with Crippen LogP contribution >= 0.6 is 23.2 Å². The molecule has 1 amide bonds. The lowest BCUT2D eigenvalue weighted by Gasteiger charge is -2.23. The lowest BCUT2D eigenvalue weighted by atomic mass is 10.2. The number of ether oxygens (including phenoxy) is 1. The number of carbonyl (C=O) groups excluding carboxylic acids is 1. The van der Waals surface area contributed by atoms with Gasteiger partial charge in [0, 0.05) is 20.1 Å². The number of phenolic OH excluding ortho intramolecular Hbond substituents is 1. The molecule has 0 saturated heterocycles. The molecule has 7 nitrogen and oxygen atoms in total. The summed E-state index contributed by atoms with van der Waals surface area (Å²) in [4.78, 5) is 18.8. The number of hydrogen-bond acceptors (Lipinski definition) is 5. The minimum Gasteiger partial charge on any atom is -0.505 e. The summed E-state index contributed by atoms with van der Waals surface area (Å²) in [5, 5.41) is 9.84. The van der Waals surface area contributed by atoms with E-state index in [9.17, 15) is 9.90 Å². The number of carbonyl (C=O) groups is 1. The summed E-state index contributed by atoms with van der Waals surface area (Å²) in [6.45, 7) is 4.41. The SMILES string of the molecule is C=CCN(Cc1ccc(Oc2ccccc2)cc1)C(=O)C(=NC)NNc1cc(Cl)c(O)c(Cl)c1. The van der Waals surface area contributed by atoms with Gasteiger partial charge in [0.15, 0.2) is 5.75 Å². The maximum atomic E-state index is 13.1. The number of nitrogens with one attached hydrogen (secondary N) is 2. The molecule has 0 aliphatic heterocycles. The molecule has 0 fully saturated rings. The first-order valence-electron chi connectivity index (χ1n) is 10.3. The van der Waals surface area contributed by atoms with E-state index < -0.39 is 0 Å². The highest BCUT2D eigenvalue weighted by atomic mass is 35.5. The number of phenols is 1. The number of aliphatic imine (C=N–C) groups is 1. The third-order valence-electron chi connectivity index (χ3n) is 4.68. The molecule has 176 valence electrons. The number of anilines is 1. The number of nitrogens with zero attached hydrogens (tertiary/aromatic N) is 2. The lowest BCUT2D eigenvalue weighted by molar-refractivity contribution is -0.124. The van der Waals surface area contributed by atoms with Crippen LogP contribution < -0.4 is 15.6 Å². The zero-order chi connectivity index (χ0) is 24.5. The molecule has 3 aromatic rings. The van der Waals surface area contributed by atoms with Gasteiger partial charge in [-0.15, -0.1) is 6.58 Å². The van der Waals surface area contributed by atoms with Gasteiger partial charge in [0.1, 0.15) is 11.5 Å². The fourth-order valence-electron chi connectivity index (χ4n) is 3.01. The molecule has 9 heteroatoms. The molecule has 0 radical (unpaired) electrons. The summed E-state index contributed by atoms with van der Waals surface area (Å²) in [6.07, 6.45) is 1.64. The quantitative estimate of drug-likeness (QED) is 0.123. The molecule has 34 heavy (non-hydrogen) atoms. The first-order valence-corrected chi connectivity index (χ1v) is 11.1. The van der Waals surface area contributed by atoms with Crippen LogP contribution in [0.2, 0.25) is 10.0 Å². The van der Waals surface area contributed by atoms with Gasteiger partial charge in [0.25, 0.3) is 5.91 Å². The molecule has 0 saturated carbocycles. The zero-order valence-electron chi connectivity index (χ0n) is 18.5. The van der Waals surface area contributed by atoms with Crippen LogP contribution in [0.15, 0.2) is 84.4 Å². The van der Waals surface area contributed by atoms with Crippen molar-refractivity contribution in [2.75, 3.05) is 19.0 Å². The van der Waals surface area contributed by atoms with Gasteiger partial charge < -0.3 is 14.7 Å². The molecular formula is C25H24Cl2N4O3. The minimum absolute atomic E-state index is 0.0751. The molecule has 0 aliphatic carbocycles. The third kappa shape index (κ3) is 6.66. The summed E-state index contributed by atoms with van der Waals surface area (Å²) < 4.78 is 5.82. The second-order valence-corrected chi connectivity index (χ2v) is 7.96. The van der Waals surface area contributed by atoms with Gasteiger partial charge >= 0.3 is 0 Å². The third-order valence-corrected chi connectivity index (χ3v) is 5.26. The Labute approximate surface area is 208 Å². The van der Waals surface area contributed by atoms with Gasteiger partial charge in [-0.3, -0.25) is 20.6 Å². The van der Waals surface area contributed by atoms with E-state index >= 15 is 0 Å². The molecule has 0 aromatic heterocycles. The number of benzene rings is 3. The minimum atomic E-state index is -0.338. The predicted molar refractivity (Wildman–Crippen MR) is 137 cm³/mol. The predicted octanol–water partition coefficient (Wildman–Crippen LogP) is 5.65. The number of halogens is 2. The Morgan fingerprint density at radius 3 is 2.29 bits per heavy atom. The number of para-hydroxylation sites is 1. The van der Waals surface area contributed by atoms with E-state index in [0.29, 0.717) is 24.5 Å². The summed E-state index contributed by atoms with van der Waals surface area (Å²) in [5.41, 5.74) is 6.97. The van der Waals surface area contributed by atoms with Gasteiger partial charge in [-0.25, -0.2) is 0 Å². The summed E-state index contributed by atoms with van der Waals surface area (Å²) >= 11 is 11.9.